The number of rotatable bonds is 2. The summed E-state index contributed by atoms with van der Waals surface area (Å²) in [7, 11) is 0. The Bertz CT molecular complexity index is 620. The number of aromatic nitrogens is 2. The first-order chi connectivity index (χ1) is 9.23. The van der Waals surface area contributed by atoms with E-state index in [1.807, 2.05) is 12.3 Å². The lowest BCUT2D eigenvalue weighted by molar-refractivity contribution is -0.0770. The van der Waals surface area contributed by atoms with Gasteiger partial charge in [-0.3, -0.25) is 0 Å². The van der Waals surface area contributed by atoms with E-state index < -0.39 is 5.60 Å². The van der Waals surface area contributed by atoms with Crippen LogP contribution in [0.2, 0.25) is 0 Å². The van der Waals surface area contributed by atoms with E-state index in [-0.39, 0.29) is 0 Å². The van der Waals surface area contributed by atoms with Crippen molar-refractivity contribution in [3.05, 3.63) is 22.8 Å². The average molecular weight is 275 g/mol. The van der Waals surface area contributed by atoms with Crippen LogP contribution in [0.1, 0.15) is 37.6 Å². The van der Waals surface area contributed by atoms with E-state index >= 15 is 0 Å². The van der Waals surface area contributed by atoms with Crippen molar-refractivity contribution in [2.24, 2.45) is 0 Å². The second kappa shape index (κ2) is 4.76. The van der Waals surface area contributed by atoms with Gasteiger partial charge in [-0.05, 0) is 37.6 Å². The molecule has 3 rings (SSSR count). The minimum atomic E-state index is -0.468. The molecule has 0 saturated carbocycles. The average Bonchev–Trinajstić information content (AvgIpc) is 3.08. The SMILES string of the molecule is CC1(c2noc(-c3sccc3C#N)n2)CCCCO1. The van der Waals surface area contributed by atoms with Crippen LogP contribution in [-0.4, -0.2) is 16.7 Å². The second-order valence-electron chi connectivity index (χ2n) is 4.73. The summed E-state index contributed by atoms with van der Waals surface area (Å²) in [5.74, 6) is 0.969. The molecule has 0 spiro atoms. The zero-order chi connectivity index (χ0) is 13.3. The van der Waals surface area contributed by atoms with Gasteiger partial charge in [-0.25, -0.2) is 0 Å². The van der Waals surface area contributed by atoms with Crippen molar-refractivity contribution in [3.8, 4) is 16.8 Å². The number of hydrogen-bond donors (Lipinski definition) is 0. The van der Waals surface area contributed by atoms with Gasteiger partial charge in [-0.15, -0.1) is 11.3 Å². The first-order valence-corrected chi connectivity index (χ1v) is 7.07. The summed E-state index contributed by atoms with van der Waals surface area (Å²) in [6.07, 6.45) is 3.06. The van der Waals surface area contributed by atoms with Gasteiger partial charge in [0.25, 0.3) is 5.89 Å². The van der Waals surface area contributed by atoms with Crippen LogP contribution >= 0.6 is 11.3 Å². The van der Waals surface area contributed by atoms with E-state index in [1.165, 1.54) is 11.3 Å². The molecule has 0 amide bonds. The minimum absolute atomic E-state index is 0.400. The van der Waals surface area contributed by atoms with Crippen molar-refractivity contribution in [1.29, 1.82) is 5.26 Å². The standard InChI is InChI=1S/C13H13N3O2S/c1-13(5-2-3-6-17-13)12-15-11(18-16-12)10-9(8-14)4-7-19-10/h4,7H,2-3,5-6H2,1H3. The van der Waals surface area contributed by atoms with Crippen LogP contribution in [0.25, 0.3) is 10.8 Å². The fourth-order valence-corrected chi connectivity index (χ4v) is 2.97. The Balaban J connectivity index is 1.94. The minimum Gasteiger partial charge on any atom is -0.367 e. The summed E-state index contributed by atoms with van der Waals surface area (Å²) in [5.41, 5.74) is 0.0965. The molecule has 1 unspecified atom stereocenters. The second-order valence-corrected chi connectivity index (χ2v) is 5.65. The first-order valence-electron chi connectivity index (χ1n) is 6.19. The van der Waals surface area contributed by atoms with Gasteiger partial charge in [-0.1, -0.05) is 5.16 Å². The summed E-state index contributed by atoms with van der Waals surface area (Å²) in [5, 5.41) is 14.9. The molecule has 2 aromatic rings. The van der Waals surface area contributed by atoms with E-state index in [1.54, 1.807) is 6.07 Å². The molecule has 1 atom stereocenters. The quantitative estimate of drug-likeness (QED) is 0.842. The monoisotopic (exact) mass is 275 g/mol. The lowest BCUT2D eigenvalue weighted by Crippen LogP contribution is -2.31. The van der Waals surface area contributed by atoms with Crippen molar-refractivity contribution < 1.29 is 9.26 Å². The van der Waals surface area contributed by atoms with Gasteiger partial charge in [0.05, 0.1) is 5.56 Å². The molecule has 0 radical (unpaired) electrons. The van der Waals surface area contributed by atoms with E-state index in [0.717, 1.165) is 30.7 Å². The van der Waals surface area contributed by atoms with Crippen molar-refractivity contribution in [3.63, 3.8) is 0 Å². The summed E-state index contributed by atoms with van der Waals surface area (Å²) in [6.45, 7) is 2.71. The van der Waals surface area contributed by atoms with Crippen LogP contribution in [0.3, 0.4) is 0 Å². The maximum absolute atomic E-state index is 9.02. The molecule has 1 aliphatic heterocycles. The smallest absolute Gasteiger partial charge is 0.269 e. The van der Waals surface area contributed by atoms with Gasteiger partial charge in [0.1, 0.15) is 16.5 Å². The predicted octanol–water partition coefficient (Wildman–Crippen LogP) is 3.09. The Morgan fingerprint density at radius 1 is 1.47 bits per heavy atom. The highest BCUT2D eigenvalue weighted by Gasteiger charge is 2.35. The first kappa shape index (κ1) is 12.3. The molecule has 0 bridgehead atoms. The predicted molar refractivity (Wildman–Crippen MR) is 69.5 cm³/mol. The molecule has 6 heteroatoms. The maximum atomic E-state index is 9.02. The molecule has 1 fully saturated rings. The van der Waals surface area contributed by atoms with E-state index in [4.69, 9.17) is 14.5 Å². The van der Waals surface area contributed by atoms with Crippen molar-refractivity contribution in [2.45, 2.75) is 31.8 Å². The normalized spacial score (nSPS) is 23.2. The fourth-order valence-electron chi connectivity index (χ4n) is 2.20. The van der Waals surface area contributed by atoms with E-state index in [9.17, 15) is 0 Å². The molecular weight excluding hydrogens is 262 g/mol. The Morgan fingerprint density at radius 3 is 3.11 bits per heavy atom. The van der Waals surface area contributed by atoms with Crippen LogP contribution in [0.5, 0.6) is 0 Å². The van der Waals surface area contributed by atoms with Gasteiger partial charge in [0.2, 0.25) is 5.82 Å². The van der Waals surface area contributed by atoms with Crippen LogP contribution in [0.15, 0.2) is 16.0 Å². The Hall–Kier alpha value is -1.71. The lowest BCUT2D eigenvalue weighted by Gasteiger charge is -2.30. The van der Waals surface area contributed by atoms with Crippen LogP contribution < -0.4 is 0 Å². The number of nitriles is 1. The van der Waals surface area contributed by atoms with E-state index in [2.05, 4.69) is 16.2 Å². The lowest BCUT2D eigenvalue weighted by atomic mass is 9.95. The van der Waals surface area contributed by atoms with Gasteiger partial charge < -0.3 is 9.26 Å². The molecule has 98 valence electrons. The Morgan fingerprint density at radius 2 is 2.37 bits per heavy atom. The van der Waals surface area contributed by atoms with Gasteiger partial charge >= 0.3 is 0 Å². The Labute approximate surface area is 114 Å². The molecule has 1 aliphatic rings. The highest BCUT2D eigenvalue weighted by molar-refractivity contribution is 7.13. The van der Waals surface area contributed by atoms with Gasteiger partial charge in [0, 0.05) is 6.61 Å². The zero-order valence-electron chi connectivity index (χ0n) is 10.5. The molecule has 2 aromatic heterocycles. The van der Waals surface area contributed by atoms with Crippen LogP contribution in [0, 0.1) is 11.3 Å². The molecular formula is C13H13N3O2S. The van der Waals surface area contributed by atoms with Crippen molar-refractivity contribution >= 4 is 11.3 Å². The number of hydrogen-bond acceptors (Lipinski definition) is 6. The highest BCUT2D eigenvalue weighted by atomic mass is 32.1. The van der Waals surface area contributed by atoms with Gasteiger partial charge in [0.15, 0.2) is 0 Å². The van der Waals surface area contributed by atoms with E-state index in [0.29, 0.717) is 17.3 Å². The molecule has 0 aromatic carbocycles. The highest BCUT2D eigenvalue weighted by Crippen LogP contribution is 2.35. The maximum Gasteiger partial charge on any atom is 0.269 e. The molecule has 5 nitrogen and oxygen atoms in total. The molecule has 3 heterocycles. The summed E-state index contributed by atoms with van der Waals surface area (Å²) >= 11 is 1.43. The third kappa shape index (κ3) is 2.15. The number of nitrogens with zero attached hydrogens (tertiary/aromatic N) is 3. The zero-order valence-corrected chi connectivity index (χ0v) is 11.4. The largest absolute Gasteiger partial charge is 0.367 e. The third-order valence-electron chi connectivity index (χ3n) is 3.35. The van der Waals surface area contributed by atoms with Crippen LogP contribution in [-0.2, 0) is 10.3 Å². The summed E-state index contributed by atoms with van der Waals surface area (Å²) in [6, 6.07) is 3.88. The number of ether oxygens (including phenoxy) is 1. The summed E-state index contributed by atoms with van der Waals surface area (Å²) < 4.78 is 11.1. The van der Waals surface area contributed by atoms with Crippen molar-refractivity contribution in [2.75, 3.05) is 6.61 Å². The fraction of sp³-hybridized carbons (Fsp3) is 0.462. The topological polar surface area (TPSA) is 71.9 Å². The molecule has 0 N–H and O–H groups in total. The number of thiophene rings is 1. The molecule has 1 saturated heterocycles. The molecule has 19 heavy (non-hydrogen) atoms. The molecule has 0 aliphatic carbocycles. The Kier molecular flexibility index (Phi) is 3.09. The summed E-state index contributed by atoms with van der Waals surface area (Å²) in [4.78, 5) is 5.14. The van der Waals surface area contributed by atoms with Crippen LogP contribution in [0.4, 0.5) is 0 Å². The third-order valence-corrected chi connectivity index (χ3v) is 4.25. The van der Waals surface area contributed by atoms with Crippen molar-refractivity contribution in [1.82, 2.24) is 10.1 Å². The van der Waals surface area contributed by atoms with Gasteiger partial charge in [-0.2, -0.15) is 10.2 Å².